The lowest BCUT2D eigenvalue weighted by atomic mass is 10.1. The summed E-state index contributed by atoms with van der Waals surface area (Å²) in [4.78, 5) is 15.8. The summed E-state index contributed by atoms with van der Waals surface area (Å²) in [5.41, 5.74) is 0.701. The molecule has 0 aliphatic heterocycles. The normalized spacial score (nSPS) is 12.1. The lowest BCUT2D eigenvalue weighted by molar-refractivity contribution is 0.0947. The summed E-state index contributed by atoms with van der Waals surface area (Å²) in [5.74, 6) is 0.347. The van der Waals surface area contributed by atoms with Crippen molar-refractivity contribution in [2.24, 2.45) is 5.92 Å². The highest BCUT2D eigenvalue weighted by Crippen LogP contribution is 2.01. The second-order valence-corrected chi connectivity index (χ2v) is 4.44. The molecule has 1 aromatic carbocycles. The predicted octanol–water partition coefficient (Wildman–Crippen LogP) is 1.95. The zero-order valence-corrected chi connectivity index (χ0v) is 10.4. The summed E-state index contributed by atoms with van der Waals surface area (Å²) in [5, 5.41) is 2.94. The first-order valence-electron chi connectivity index (χ1n) is 6.04. The van der Waals surface area contributed by atoms with E-state index in [0.717, 1.165) is 6.54 Å². The molecule has 0 aliphatic rings. The van der Waals surface area contributed by atoms with Crippen LogP contribution in [-0.4, -0.2) is 22.0 Å². The molecule has 1 heterocycles. The smallest absolute Gasteiger partial charge is 0.251 e. The van der Waals surface area contributed by atoms with E-state index in [0.29, 0.717) is 18.0 Å². The minimum absolute atomic E-state index is 0.0203. The van der Waals surface area contributed by atoms with Gasteiger partial charge >= 0.3 is 0 Å². The van der Waals surface area contributed by atoms with E-state index in [4.69, 9.17) is 0 Å². The summed E-state index contributed by atoms with van der Waals surface area (Å²) in [7, 11) is 0. The molecule has 4 heteroatoms. The molecule has 1 amide bonds. The molecule has 0 saturated carbocycles. The number of benzene rings is 1. The van der Waals surface area contributed by atoms with Crippen LogP contribution in [-0.2, 0) is 6.54 Å². The van der Waals surface area contributed by atoms with Crippen LogP contribution in [0.25, 0.3) is 0 Å². The van der Waals surface area contributed by atoms with E-state index in [1.165, 1.54) is 0 Å². The Labute approximate surface area is 107 Å². The maximum absolute atomic E-state index is 11.8. The number of nitrogens with zero attached hydrogens (tertiary/aromatic N) is 2. The van der Waals surface area contributed by atoms with Crippen molar-refractivity contribution in [1.82, 2.24) is 14.9 Å². The molecule has 1 N–H and O–H groups in total. The highest BCUT2D eigenvalue weighted by atomic mass is 16.1. The number of hydrogen-bond acceptors (Lipinski definition) is 2. The van der Waals surface area contributed by atoms with Crippen LogP contribution in [0.2, 0.25) is 0 Å². The van der Waals surface area contributed by atoms with Crippen LogP contribution < -0.4 is 5.32 Å². The van der Waals surface area contributed by atoms with Crippen LogP contribution in [0, 0.1) is 5.92 Å². The SMILES string of the molecule is CC(CNC(=O)c1ccccc1)Cn1ccnc1. The molecular weight excluding hydrogens is 226 g/mol. The van der Waals surface area contributed by atoms with Gasteiger partial charge in [0.2, 0.25) is 0 Å². The molecule has 0 saturated heterocycles. The van der Waals surface area contributed by atoms with Crippen molar-refractivity contribution in [2.75, 3.05) is 6.54 Å². The van der Waals surface area contributed by atoms with Crippen molar-refractivity contribution < 1.29 is 4.79 Å². The Morgan fingerprint density at radius 1 is 1.39 bits per heavy atom. The Morgan fingerprint density at radius 2 is 2.17 bits per heavy atom. The predicted molar refractivity (Wildman–Crippen MR) is 70.2 cm³/mol. The highest BCUT2D eigenvalue weighted by Gasteiger charge is 2.07. The molecule has 0 spiro atoms. The third-order valence-electron chi connectivity index (χ3n) is 2.73. The van der Waals surface area contributed by atoms with Crippen molar-refractivity contribution >= 4 is 5.91 Å². The van der Waals surface area contributed by atoms with Gasteiger partial charge < -0.3 is 9.88 Å². The molecular formula is C14H17N3O. The number of carbonyl (C=O) groups excluding carboxylic acids is 1. The van der Waals surface area contributed by atoms with Crippen molar-refractivity contribution in [3.8, 4) is 0 Å². The van der Waals surface area contributed by atoms with Crippen molar-refractivity contribution in [3.05, 3.63) is 54.6 Å². The fraction of sp³-hybridized carbons (Fsp3) is 0.286. The molecule has 2 rings (SSSR count). The molecule has 0 radical (unpaired) electrons. The van der Waals surface area contributed by atoms with Crippen molar-refractivity contribution in [2.45, 2.75) is 13.5 Å². The van der Waals surface area contributed by atoms with Gasteiger partial charge in [-0.05, 0) is 18.1 Å². The quantitative estimate of drug-likeness (QED) is 0.872. The van der Waals surface area contributed by atoms with Crippen molar-refractivity contribution in [1.29, 1.82) is 0 Å². The molecule has 0 aliphatic carbocycles. The molecule has 18 heavy (non-hydrogen) atoms. The topological polar surface area (TPSA) is 46.9 Å². The Bertz CT molecular complexity index is 479. The van der Waals surface area contributed by atoms with Crippen LogP contribution >= 0.6 is 0 Å². The summed E-state index contributed by atoms with van der Waals surface area (Å²) in [6.07, 6.45) is 5.47. The number of aromatic nitrogens is 2. The number of hydrogen-bond donors (Lipinski definition) is 1. The van der Waals surface area contributed by atoms with Crippen LogP contribution in [0.3, 0.4) is 0 Å². The first kappa shape index (κ1) is 12.4. The van der Waals surface area contributed by atoms with E-state index in [-0.39, 0.29) is 5.91 Å². The van der Waals surface area contributed by atoms with Gasteiger partial charge in [0, 0.05) is 31.0 Å². The van der Waals surface area contributed by atoms with Crippen LogP contribution in [0.5, 0.6) is 0 Å². The van der Waals surface area contributed by atoms with Crippen LogP contribution in [0.4, 0.5) is 0 Å². The summed E-state index contributed by atoms with van der Waals surface area (Å²) >= 11 is 0. The molecule has 0 fully saturated rings. The molecule has 94 valence electrons. The Balaban J connectivity index is 1.79. The molecule has 1 atom stereocenters. The molecule has 4 nitrogen and oxygen atoms in total. The number of carbonyl (C=O) groups is 1. The van der Waals surface area contributed by atoms with Gasteiger partial charge in [-0.25, -0.2) is 4.98 Å². The lowest BCUT2D eigenvalue weighted by Gasteiger charge is -2.13. The average Bonchev–Trinajstić information content (AvgIpc) is 2.90. The largest absolute Gasteiger partial charge is 0.352 e. The average molecular weight is 243 g/mol. The van der Waals surface area contributed by atoms with E-state index < -0.39 is 0 Å². The zero-order valence-electron chi connectivity index (χ0n) is 10.4. The molecule has 1 unspecified atom stereocenters. The number of rotatable bonds is 5. The van der Waals surface area contributed by atoms with Crippen LogP contribution in [0.15, 0.2) is 49.1 Å². The van der Waals surface area contributed by atoms with Gasteiger partial charge in [0.15, 0.2) is 0 Å². The molecule has 1 aromatic heterocycles. The highest BCUT2D eigenvalue weighted by molar-refractivity contribution is 5.94. The van der Waals surface area contributed by atoms with Gasteiger partial charge in [-0.15, -0.1) is 0 Å². The Morgan fingerprint density at radius 3 is 2.83 bits per heavy atom. The summed E-state index contributed by atoms with van der Waals surface area (Å²) in [6, 6.07) is 9.26. The third kappa shape index (κ3) is 3.45. The van der Waals surface area contributed by atoms with Gasteiger partial charge in [0.1, 0.15) is 0 Å². The van der Waals surface area contributed by atoms with E-state index in [1.54, 1.807) is 12.5 Å². The minimum atomic E-state index is -0.0203. The Hall–Kier alpha value is -2.10. The molecule has 0 bridgehead atoms. The lowest BCUT2D eigenvalue weighted by Crippen LogP contribution is -2.29. The van der Waals surface area contributed by atoms with E-state index >= 15 is 0 Å². The second-order valence-electron chi connectivity index (χ2n) is 4.44. The van der Waals surface area contributed by atoms with Gasteiger partial charge in [-0.2, -0.15) is 0 Å². The minimum Gasteiger partial charge on any atom is -0.352 e. The second kappa shape index (κ2) is 6.00. The maximum atomic E-state index is 11.8. The Kier molecular flexibility index (Phi) is 4.12. The number of nitrogens with one attached hydrogen (secondary N) is 1. The number of imidazole rings is 1. The maximum Gasteiger partial charge on any atom is 0.251 e. The summed E-state index contributed by atoms with van der Waals surface area (Å²) in [6.45, 7) is 3.62. The fourth-order valence-corrected chi connectivity index (χ4v) is 1.78. The van der Waals surface area contributed by atoms with Crippen molar-refractivity contribution in [3.63, 3.8) is 0 Å². The van der Waals surface area contributed by atoms with Crippen LogP contribution in [0.1, 0.15) is 17.3 Å². The van der Waals surface area contributed by atoms with Gasteiger partial charge in [0.05, 0.1) is 6.33 Å². The number of amides is 1. The van der Waals surface area contributed by atoms with Gasteiger partial charge in [0.25, 0.3) is 5.91 Å². The van der Waals surface area contributed by atoms with E-state index in [1.807, 2.05) is 41.1 Å². The van der Waals surface area contributed by atoms with Gasteiger partial charge in [-0.1, -0.05) is 25.1 Å². The van der Waals surface area contributed by atoms with Gasteiger partial charge in [-0.3, -0.25) is 4.79 Å². The summed E-state index contributed by atoms with van der Waals surface area (Å²) < 4.78 is 2.01. The third-order valence-corrected chi connectivity index (χ3v) is 2.73. The standard InChI is InChI=1S/C14H17N3O/c1-12(10-17-8-7-15-11-17)9-16-14(18)13-5-3-2-4-6-13/h2-8,11-12H,9-10H2,1H3,(H,16,18). The monoisotopic (exact) mass is 243 g/mol. The van der Waals surface area contributed by atoms with E-state index in [2.05, 4.69) is 17.2 Å². The fourth-order valence-electron chi connectivity index (χ4n) is 1.78. The first-order valence-corrected chi connectivity index (χ1v) is 6.04. The molecule has 2 aromatic rings. The first-order chi connectivity index (χ1) is 8.75. The zero-order chi connectivity index (χ0) is 12.8. The van der Waals surface area contributed by atoms with E-state index in [9.17, 15) is 4.79 Å².